The first-order valence-corrected chi connectivity index (χ1v) is 7.37. The highest BCUT2D eigenvalue weighted by Crippen LogP contribution is 2.22. The topological polar surface area (TPSA) is 87.7 Å². The first-order chi connectivity index (χ1) is 9.61. The Labute approximate surface area is 128 Å². The van der Waals surface area contributed by atoms with E-state index in [2.05, 4.69) is 26.4 Å². The molecule has 2 aromatic rings. The van der Waals surface area contributed by atoms with Crippen LogP contribution in [0.25, 0.3) is 0 Å². The van der Waals surface area contributed by atoms with Crippen LogP contribution in [0.15, 0.2) is 45.3 Å². The van der Waals surface area contributed by atoms with Gasteiger partial charge in [0.15, 0.2) is 5.84 Å². The van der Waals surface area contributed by atoms with Gasteiger partial charge in [0, 0.05) is 16.6 Å². The predicted octanol–water partition coefficient (Wildman–Crippen LogP) is 2.54. The van der Waals surface area contributed by atoms with Gasteiger partial charge in [-0.2, -0.15) is 0 Å². The Kier molecular flexibility index (Phi) is 4.75. The molecule has 0 bridgehead atoms. The normalized spacial score (nSPS) is 11.3. The first kappa shape index (κ1) is 14.5. The van der Waals surface area contributed by atoms with Gasteiger partial charge in [0.25, 0.3) is 5.91 Å². The van der Waals surface area contributed by atoms with Gasteiger partial charge in [-0.15, -0.1) is 11.3 Å². The fraction of sp³-hybridized carbons (Fsp3) is 0.0769. The van der Waals surface area contributed by atoms with E-state index in [9.17, 15) is 4.79 Å². The van der Waals surface area contributed by atoms with Crippen LogP contribution in [0.2, 0.25) is 0 Å². The van der Waals surface area contributed by atoms with E-state index < -0.39 is 0 Å². The Balaban J connectivity index is 2.05. The van der Waals surface area contributed by atoms with Crippen molar-refractivity contribution in [2.24, 2.45) is 10.9 Å². The van der Waals surface area contributed by atoms with Gasteiger partial charge in [0.1, 0.15) is 4.88 Å². The fourth-order valence-corrected chi connectivity index (χ4v) is 3.08. The number of oxime groups is 1. The predicted molar refractivity (Wildman–Crippen MR) is 82.1 cm³/mol. The van der Waals surface area contributed by atoms with Crippen molar-refractivity contribution in [3.8, 4) is 0 Å². The minimum atomic E-state index is -0.138. The van der Waals surface area contributed by atoms with E-state index in [1.165, 1.54) is 11.3 Å². The van der Waals surface area contributed by atoms with Gasteiger partial charge in [-0.25, -0.2) is 0 Å². The molecule has 1 heterocycles. The SMILES string of the molecule is NC(=NO)c1cccc(CNC(=O)c2sccc2Br)c1. The van der Waals surface area contributed by atoms with E-state index in [1.807, 2.05) is 17.5 Å². The van der Waals surface area contributed by atoms with E-state index >= 15 is 0 Å². The quantitative estimate of drug-likeness (QED) is 0.341. The number of nitrogens with two attached hydrogens (primary N) is 1. The Morgan fingerprint density at radius 1 is 1.45 bits per heavy atom. The average Bonchev–Trinajstić information content (AvgIpc) is 2.90. The van der Waals surface area contributed by atoms with E-state index in [0.29, 0.717) is 17.0 Å². The van der Waals surface area contributed by atoms with Crippen molar-refractivity contribution in [1.29, 1.82) is 0 Å². The van der Waals surface area contributed by atoms with Crippen molar-refractivity contribution in [2.75, 3.05) is 0 Å². The Morgan fingerprint density at radius 3 is 2.90 bits per heavy atom. The summed E-state index contributed by atoms with van der Waals surface area (Å²) in [5.74, 6) is -0.0970. The summed E-state index contributed by atoms with van der Waals surface area (Å²) in [5, 5.41) is 16.3. The average molecular weight is 354 g/mol. The summed E-state index contributed by atoms with van der Waals surface area (Å²) in [6.45, 7) is 0.371. The van der Waals surface area contributed by atoms with Crippen LogP contribution >= 0.6 is 27.3 Å². The minimum Gasteiger partial charge on any atom is -0.409 e. The molecular weight excluding hydrogens is 342 g/mol. The molecule has 1 aromatic carbocycles. The molecule has 0 fully saturated rings. The molecule has 0 atom stereocenters. The zero-order valence-electron chi connectivity index (χ0n) is 10.3. The third-order valence-corrected chi connectivity index (χ3v) is 4.44. The Bertz CT molecular complexity index is 655. The standard InChI is InChI=1S/C13H12BrN3O2S/c14-10-4-5-20-11(10)13(18)16-7-8-2-1-3-9(6-8)12(15)17-19/h1-6,19H,7H2,(H2,15,17)(H,16,18). The monoisotopic (exact) mass is 353 g/mol. The zero-order chi connectivity index (χ0) is 14.5. The lowest BCUT2D eigenvalue weighted by Gasteiger charge is -2.06. The van der Waals surface area contributed by atoms with Gasteiger partial charge in [-0.05, 0) is 39.0 Å². The van der Waals surface area contributed by atoms with Crippen molar-refractivity contribution in [3.63, 3.8) is 0 Å². The lowest BCUT2D eigenvalue weighted by Crippen LogP contribution is -2.22. The summed E-state index contributed by atoms with van der Waals surface area (Å²) < 4.78 is 0.783. The highest BCUT2D eigenvalue weighted by molar-refractivity contribution is 9.10. The highest BCUT2D eigenvalue weighted by atomic mass is 79.9. The summed E-state index contributed by atoms with van der Waals surface area (Å²) in [6, 6.07) is 8.97. The largest absolute Gasteiger partial charge is 0.409 e. The second-order valence-electron chi connectivity index (χ2n) is 3.97. The van der Waals surface area contributed by atoms with Crippen LogP contribution in [0.5, 0.6) is 0 Å². The van der Waals surface area contributed by atoms with E-state index in [0.717, 1.165) is 10.0 Å². The van der Waals surface area contributed by atoms with Crippen LogP contribution < -0.4 is 11.1 Å². The molecule has 1 amide bonds. The molecule has 104 valence electrons. The van der Waals surface area contributed by atoms with Gasteiger partial charge in [-0.1, -0.05) is 23.4 Å². The lowest BCUT2D eigenvalue weighted by atomic mass is 10.1. The van der Waals surface area contributed by atoms with E-state index in [1.54, 1.807) is 18.2 Å². The Hall–Kier alpha value is -1.86. The number of hydrogen-bond donors (Lipinski definition) is 3. The molecule has 20 heavy (non-hydrogen) atoms. The third kappa shape index (κ3) is 3.37. The number of rotatable bonds is 4. The highest BCUT2D eigenvalue weighted by Gasteiger charge is 2.11. The second-order valence-corrected chi connectivity index (χ2v) is 5.74. The molecule has 0 aliphatic heterocycles. The first-order valence-electron chi connectivity index (χ1n) is 5.70. The van der Waals surface area contributed by atoms with E-state index in [-0.39, 0.29) is 11.7 Å². The van der Waals surface area contributed by atoms with Gasteiger partial charge >= 0.3 is 0 Å². The van der Waals surface area contributed by atoms with Crippen LogP contribution in [0.1, 0.15) is 20.8 Å². The van der Waals surface area contributed by atoms with Crippen LogP contribution in [0.3, 0.4) is 0 Å². The number of nitrogens with zero attached hydrogens (tertiary/aromatic N) is 1. The molecule has 1 aromatic heterocycles. The number of halogens is 1. The van der Waals surface area contributed by atoms with E-state index in [4.69, 9.17) is 10.9 Å². The number of amidine groups is 1. The molecule has 0 aliphatic rings. The van der Waals surface area contributed by atoms with Gasteiger partial charge < -0.3 is 16.3 Å². The van der Waals surface area contributed by atoms with Crippen molar-refractivity contribution in [1.82, 2.24) is 5.32 Å². The third-order valence-electron chi connectivity index (χ3n) is 2.61. The molecule has 0 radical (unpaired) electrons. The van der Waals surface area contributed by atoms with Crippen LogP contribution in [0, 0.1) is 0 Å². The van der Waals surface area contributed by atoms with Gasteiger partial charge in [0.2, 0.25) is 0 Å². The minimum absolute atomic E-state index is 0.0409. The maximum Gasteiger partial charge on any atom is 0.262 e. The smallest absolute Gasteiger partial charge is 0.262 e. The summed E-state index contributed by atoms with van der Waals surface area (Å²) in [7, 11) is 0. The molecule has 4 N–H and O–H groups in total. The maximum absolute atomic E-state index is 12.0. The Morgan fingerprint density at radius 2 is 2.25 bits per heavy atom. The van der Waals surface area contributed by atoms with Gasteiger partial charge in [0.05, 0.1) is 0 Å². The van der Waals surface area contributed by atoms with Gasteiger partial charge in [-0.3, -0.25) is 4.79 Å². The molecular formula is C13H12BrN3O2S. The zero-order valence-corrected chi connectivity index (χ0v) is 12.7. The van der Waals surface area contributed by atoms with Crippen LogP contribution in [0.4, 0.5) is 0 Å². The number of amides is 1. The summed E-state index contributed by atoms with van der Waals surface area (Å²) in [4.78, 5) is 12.6. The summed E-state index contributed by atoms with van der Waals surface area (Å²) in [6.07, 6.45) is 0. The molecule has 0 saturated heterocycles. The van der Waals surface area contributed by atoms with Crippen molar-refractivity contribution < 1.29 is 10.0 Å². The summed E-state index contributed by atoms with van der Waals surface area (Å²) >= 11 is 4.70. The molecule has 5 nitrogen and oxygen atoms in total. The molecule has 0 spiro atoms. The van der Waals surface area contributed by atoms with Crippen LogP contribution in [-0.4, -0.2) is 17.0 Å². The number of carbonyl (C=O) groups is 1. The number of carbonyl (C=O) groups excluding carboxylic acids is 1. The molecule has 0 saturated carbocycles. The number of nitrogens with one attached hydrogen (secondary N) is 1. The molecule has 0 unspecified atom stereocenters. The molecule has 7 heteroatoms. The molecule has 0 aliphatic carbocycles. The molecule has 2 rings (SSSR count). The number of benzene rings is 1. The second kappa shape index (κ2) is 6.53. The fourth-order valence-electron chi connectivity index (χ4n) is 1.62. The number of hydrogen-bond acceptors (Lipinski definition) is 4. The van der Waals surface area contributed by atoms with Crippen molar-refractivity contribution in [2.45, 2.75) is 6.54 Å². The lowest BCUT2D eigenvalue weighted by molar-refractivity contribution is 0.0954. The number of thiophene rings is 1. The summed E-state index contributed by atoms with van der Waals surface area (Å²) in [5.41, 5.74) is 7.00. The van der Waals surface area contributed by atoms with Crippen molar-refractivity contribution >= 4 is 39.0 Å². The van der Waals surface area contributed by atoms with Crippen molar-refractivity contribution in [3.05, 3.63) is 56.2 Å². The van der Waals surface area contributed by atoms with Crippen LogP contribution in [-0.2, 0) is 6.54 Å². The maximum atomic E-state index is 12.0.